The molecule has 8 nitrogen and oxygen atoms in total. The number of aromatic nitrogens is 1. The number of aliphatic hydroxyl groups excluding tert-OH is 1. The number of carbonyl (C=O) groups is 2. The smallest absolute Gasteiger partial charge is 0.247 e. The number of likely N-dealkylation sites (tertiary alicyclic amines) is 1. The standard InChI is InChI=1S/C28H31N3O5/c1-2-20-13-19(23-5-3-4-6-25(23)29-20)17-36-22-9-7-18(8-10-22)14-28(15-24(28)26(33)30-35)27(34)31-12-11-21(32)16-31/h3-10,13,21,24,32,35H,2,11-12,14-17H2,1H3,(H,30,33)/t21-,24+,28-/m0/s1. The van der Waals surface area contributed by atoms with Crippen LogP contribution in [-0.4, -0.2) is 51.2 Å². The second-order valence-electron chi connectivity index (χ2n) is 9.84. The van der Waals surface area contributed by atoms with Gasteiger partial charge in [-0.3, -0.25) is 19.8 Å². The van der Waals surface area contributed by atoms with Crippen molar-refractivity contribution in [2.75, 3.05) is 13.1 Å². The summed E-state index contributed by atoms with van der Waals surface area (Å²) in [6, 6.07) is 17.7. The Kier molecular flexibility index (Phi) is 6.64. The number of hydroxylamine groups is 1. The first kappa shape index (κ1) is 24.2. The maximum absolute atomic E-state index is 13.3. The number of amides is 2. The lowest BCUT2D eigenvalue weighted by Gasteiger charge is -2.24. The molecule has 2 fully saturated rings. The van der Waals surface area contributed by atoms with Gasteiger partial charge in [0.1, 0.15) is 12.4 Å². The van der Waals surface area contributed by atoms with E-state index in [0.717, 1.165) is 34.1 Å². The van der Waals surface area contributed by atoms with Gasteiger partial charge in [-0.05, 0) is 55.5 Å². The number of para-hydroxylation sites is 1. The van der Waals surface area contributed by atoms with Crippen LogP contribution in [0.3, 0.4) is 0 Å². The van der Waals surface area contributed by atoms with Gasteiger partial charge in [-0.2, -0.15) is 0 Å². The largest absolute Gasteiger partial charge is 0.489 e. The van der Waals surface area contributed by atoms with E-state index >= 15 is 0 Å². The maximum Gasteiger partial charge on any atom is 0.247 e. The summed E-state index contributed by atoms with van der Waals surface area (Å²) in [7, 11) is 0. The van der Waals surface area contributed by atoms with Gasteiger partial charge in [-0.25, -0.2) is 5.48 Å². The molecule has 3 N–H and O–H groups in total. The van der Waals surface area contributed by atoms with E-state index in [1.165, 1.54) is 0 Å². The van der Waals surface area contributed by atoms with Gasteiger partial charge in [0.2, 0.25) is 11.8 Å². The van der Waals surface area contributed by atoms with Crippen molar-refractivity contribution in [3.63, 3.8) is 0 Å². The fraction of sp³-hybridized carbons (Fsp3) is 0.393. The molecule has 1 aliphatic carbocycles. The molecule has 2 aromatic carbocycles. The number of nitrogens with one attached hydrogen (secondary N) is 1. The van der Waals surface area contributed by atoms with Gasteiger partial charge < -0.3 is 14.7 Å². The Hall–Kier alpha value is -3.49. The molecule has 36 heavy (non-hydrogen) atoms. The number of carbonyl (C=O) groups excluding carboxylic acids is 2. The number of ether oxygens (including phenoxy) is 1. The molecule has 8 heteroatoms. The first-order valence-electron chi connectivity index (χ1n) is 12.4. The third-order valence-corrected chi connectivity index (χ3v) is 7.43. The average Bonchev–Trinajstić information content (AvgIpc) is 3.48. The van der Waals surface area contributed by atoms with Gasteiger partial charge in [0.25, 0.3) is 0 Å². The van der Waals surface area contributed by atoms with Crippen molar-refractivity contribution in [1.29, 1.82) is 0 Å². The van der Waals surface area contributed by atoms with Gasteiger partial charge >= 0.3 is 0 Å². The van der Waals surface area contributed by atoms with E-state index < -0.39 is 23.3 Å². The summed E-state index contributed by atoms with van der Waals surface area (Å²) in [5.41, 5.74) is 4.77. The quantitative estimate of drug-likeness (QED) is 0.331. The van der Waals surface area contributed by atoms with Crippen LogP contribution in [0.1, 0.15) is 36.6 Å². The maximum atomic E-state index is 13.3. The molecule has 1 saturated carbocycles. The third-order valence-electron chi connectivity index (χ3n) is 7.43. The van der Waals surface area contributed by atoms with Gasteiger partial charge in [-0.1, -0.05) is 37.3 Å². The van der Waals surface area contributed by atoms with Crippen LogP contribution in [0.15, 0.2) is 54.6 Å². The Morgan fingerprint density at radius 3 is 2.67 bits per heavy atom. The summed E-state index contributed by atoms with van der Waals surface area (Å²) >= 11 is 0. The summed E-state index contributed by atoms with van der Waals surface area (Å²) in [5.74, 6) is -0.555. The van der Waals surface area contributed by atoms with Crippen molar-refractivity contribution in [2.45, 2.75) is 45.3 Å². The minimum atomic E-state index is -0.897. The molecule has 1 aromatic heterocycles. The number of benzene rings is 2. The van der Waals surface area contributed by atoms with Crippen molar-refractivity contribution >= 4 is 22.7 Å². The number of hydrogen-bond donors (Lipinski definition) is 3. The Balaban J connectivity index is 1.29. The van der Waals surface area contributed by atoms with E-state index in [2.05, 4.69) is 18.0 Å². The molecule has 3 aromatic rings. The lowest BCUT2D eigenvalue weighted by Crippen LogP contribution is -2.40. The molecule has 188 valence electrons. The highest BCUT2D eigenvalue weighted by atomic mass is 16.5. The predicted molar refractivity (Wildman–Crippen MR) is 133 cm³/mol. The van der Waals surface area contributed by atoms with Crippen molar-refractivity contribution in [3.8, 4) is 5.75 Å². The topological polar surface area (TPSA) is 112 Å². The highest BCUT2D eigenvalue weighted by molar-refractivity contribution is 5.96. The normalized spacial score (nSPS) is 23.0. The summed E-state index contributed by atoms with van der Waals surface area (Å²) in [5, 5.41) is 20.1. The van der Waals surface area contributed by atoms with E-state index in [1.807, 2.05) is 48.5 Å². The number of aliphatic hydroxyl groups is 1. The molecule has 1 saturated heterocycles. The number of aryl methyl sites for hydroxylation is 1. The molecule has 2 amide bonds. The Morgan fingerprint density at radius 1 is 1.19 bits per heavy atom. The lowest BCUT2D eigenvalue weighted by atomic mass is 9.92. The summed E-state index contributed by atoms with van der Waals surface area (Å²) in [6.45, 7) is 3.25. The van der Waals surface area contributed by atoms with E-state index in [1.54, 1.807) is 10.4 Å². The van der Waals surface area contributed by atoms with Gasteiger partial charge in [-0.15, -0.1) is 0 Å². The zero-order chi connectivity index (χ0) is 25.3. The van der Waals surface area contributed by atoms with Crippen LogP contribution in [0.5, 0.6) is 5.75 Å². The molecule has 0 unspecified atom stereocenters. The molecule has 1 aliphatic heterocycles. The van der Waals surface area contributed by atoms with Crippen LogP contribution >= 0.6 is 0 Å². The number of β-amino-alcohol motifs (C(OH)–C–C–N with tert-alkyl or cyclic N) is 1. The molecule has 3 atom stereocenters. The zero-order valence-corrected chi connectivity index (χ0v) is 20.3. The molecular formula is C28H31N3O5. The van der Waals surface area contributed by atoms with Crippen LogP contribution < -0.4 is 10.2 Å². The van der Waals surface area contributed by atoms with Gasteiger partial charge in [0, 0.05) is 29.7 Å². The van der Waals surface area contributed by atoms with Crippen molar-refractivity contribution < 1.29 is 24.6 Å². The first-order chi connectivity index (χ1) is 17.4. The van der Waals surface area contributed by atoms with Crippen LogP contribution in [0.25, 0.3) is 10.9 Å². The second-order valence-corrected chi connectivity index (χ2v) is 9.84. The Morgan fingerprint density at radius 2 is 1.97 bits per heavy atom. The Bertz CT molecular complexity index is 1280. The number of nitrogens with zero attached hydrogens (tertiary/aromatic N) is 2. The van der Waals surface area contributed by atoms with Gasteiger partial charge in [0.15, 0.2) is 0 Å². The number of fused-ring (bicyclic) bond motifs is 1. The first-order valence-corrected chi connectivity index (χ1v) is 12.4. The molecule has 0 bridgehead atoms. The highest BCUT2D eigenvalue weighted by Crippen LogP contribution is 2.56. The van der Waals surface area contributed by atoms with E-state index in [4.69, 9.17) is 9.94 Å². The predicted octanol–water partition coefficient (Wildman–Crippen LogP) is 3.02. The Labute approximate surface area is 209 Å². The van der Waals surface area contributed by atoms with Crippen molar-refractivity contribution in [3.05, 3.63) is 71.4 Å². The summed E-state index contributed by atoms with van der Waals surface area (Å²) in [6.07, 6.45) is 1.61. The fourth-order valence-corrected chi connectivity index (χ4v) is 5.31. The molecule has 0 radical (unpaired) electrons. The van der Waals surface area contributed by atoms with E-state index in [9.17, 15) is 14.7 Å². The number of rotatable bonds is 8. The number of pyridine rings is 1. The summed E-state index contributed by atoms with van der Waals surface area (Å²) in [4.78, 5) is 31.8. The molecule has 0 spiro atoms. The van der Waals surface area contributed by atoms with E-state index in [0.29, 0.717) is 38.2 Å². The van der Waals surface area contributed by atoms with Crippen LogP contribution in [0, 0.1) is 11.3 Å². The minimum Gasteiger partial charge on any atom is -0.489 e. The molecular weight excluding hydrogens is 458 g/mol. The van der Waals surface area contributed by atoms with E-state index in [-0.39, 0.29) is 12.5 Å². The van der Waals surface area contributed by atoms with Crippen LogP contribution in [0.2, 0.25) is 0 Å². The third kappa shape index (κ3) is 4.66. The fourth-order valence-electron chi connectivity index (χ4n) is 5.31. The van der Waals surface area contributed by atoms with Gasteiger partial charge in [0.05, 0.1) is 23.0 Å². The number of hydrogen-bond acceptors (Lipinski definition) is 6. The summed E-state index contributed by atoms with van der Waals surface area (Å²) < 4.78 is 6.09. The van der Waals surface area contributed by atoms with Crippen molar-refractivity contribution in [2.24, 2.45) is 11.3 Å². The molecule has 2 heterocycles. The average molecular weight is 490 g/mol. The highest BCUT2D eigenvalue weighted by Gasteiger charge is 2.64. The second kappa shape index (κ2) is 9.87. The van der Waals surface area contributed by atoms with Crippen LogP contribution in [-0.2, 0) is 29.0 Å². The lowest BCUT2D eigenvalue weighted by molar-refractivity contribution is -0.140. The molecule has 5 rings (SSSR count). The monoisotopic (exact) mass is 489 g/mol. The molecule has 2 aliphatic rings. The minimum absolute atomic E-state index is 0.135. The van der Waals surface area contributed by atoms with Crippen LogP contribution in [0.4, 0.5) is 0 Å². The SMILES string of the molecule is CCc1cc(COc2ccc(C[C@]3(C(=O)N4CC[C@H](O)C4)C[C@@H]3C(=O)NO)cc2)c2ccccc2n1. The van der Waals surface area contributed by atoms with Crippen molar-refractivity contribution in [1.82, 2.24) is 15.4 Å². The zero-order valence-electron chi connectivity index (χ0n) is 20.3.